The molecule has 0 amide bonds. The lowest BCUT2D eigenvalue weighted by Crippen LogP contribution is -2.15. The summed E-state index contributed by atoms with van der Waals surface area (Å²) in [6, 6.07) is 15.4. The second-order valence-electron chi connectivity index (χ2n) is 9.19. The molecule has 2 aliphatic carbocycles. The fourth-order valence-electron chi connectivity index (χ4n) is 5.72. The van der Waals surface area contributed by atoms with Crippen molar-refractivity contribution < 1.29 is 10.2 Å². The third kappa shape index (κ3) is 4.69. The monoisotopic (exact) mass is 390 g/mol. The average Bonchev–Trinajstić information content (AvgIpc) is 3.42. The molecule has 0 spiro atoms. The average molecular weight is 391 g/mol. The molecule has 2 aliphatic rings. The zero-order valence-corrected chi connectivity index (χ0v) is 17.6. The van der Waals surface area contributed by atoms with Crippen LogP contribution in [0, 0.1) is 17.8 Å². The van der Waals surface area contributed by atoms with Gasteiger partial charge in [0, 0.05) is 0 Å². The van der Waals surface area contributed by atoms with Crippen LogP contribution in [0.3, 0.4) is 0 Å². The molecule has 2 N–H and O–H groups in total. The SMILES string of the molecule is CC(CC1CCCC1)C(=C(c1ccc(O)cc1)c1ccc(O)cc1)C1CCCC1. The highest BCUT2D eigenvalue weighted by atomic mass is 16.3. The second kappa shape index (κ2) is 9.07. The third-order valence-electron chi connectivity index (χ3n) is 7.09. The van der Waals surface area contributed by atoms with Crippen molar-refractivity contribution >= 4 is 5.57 Å². The molecule has 0 aromatic heterocycles. The highest BCUT2D eigenvalue weighted by Crippen LogP contribution is 2.45. The summed E-state index contributed by atoms with van der Waals surface area (Å²) in [4.78, 5) is 0. The standard InChI is InChI=1S/C27H34O2/c1-19(18-20-6-2-3-7-20)26(21-8-4-5-9-21)27(22-10-14-24(28)15-11-22)23-12-16-25(29)17-13-23/h10-17,19-21,28-29H,2-9,18H2,1H3. The van der Waals surface area contributed by atoms with E-state index in [-0.39, 0.29) is 0 Å². The molecule has 2 fully saturated rings. The minimum atomic E-state index is 0.306. The third-order valence-corrected chi connectivity index (χ3v) is 7.09. The summed E-state index contributed by atoms with van der Waals surface area (Å²) in [6.07, 6.45) is 12.0. The molecule has 0 heterocycles. The van der Waals surface area contributed by atoms with Gasteiger partial charge < -0.3 is 10.2 Å². The van der Waals surface area contributed by atoms with Gasteiger partial charge in [0.05, 0.1) is 0 Å². The van der Waals surface area contributed by atoms with Gasteiger partial charge in [0.1, 0.15) is 11.5 Å². The second-order valence-corrected chi connectivity index (χ2v) is 9.19. The summed E-state index contributed by atoms with van der Waals surface area (Å²) >= 11 is 0. The lowest BCUT2D eigenvalue weighted by atomic mass is 9.76. The van der Waals surface area contributed by atoms with Gasteiger partial charge in [-0.3, -0.25) is 0 Å². The Bertz CT molecular complexity index is 772. The number of phenols is 2. The molecular weight excluding hydrogens is 356 g/mol. The maximum absolute atomic E-state index is 9.85. The van der Waals surface area contributed by atoms with Crippen LogP contribution in [0.15, 0.2) is 54.1 Å². The molecule has 2 saturated carbocycles. The van der Waals surface area contributed by atoms with Crippen molar-refractivity contribution in [2.75, 3.05) is 0 Å². The molecule has 1 atom stereocenters. The van der Waals surface area contributed by atoms with Gasteiger partial charge in [0.2, 0.25) is 0 Å². The largest absolute Gasteiger partial charge is 0.508 e. The van der Waals surface area contributed by atoms with E-state index in [0.717, 1.165) is 5.92 Å². The van der Waals surface area contributed by atoms with Crippen LogP contribution in [0.4, 0.5) is 0 Å². The first-order chi connectivity index (χ1) is 14.1. The van der Waals surface area contributed by atoms with Crippen LogP contribution < -0.4 is 0 Å². The Morgan fingerprint density at radius 1 is 0.759 bits per heavy atom. The van der Waals surface area contributed by atoms with E-state index in [1.165, 1.54) is 74.5 Å². The Labute approximate surface area is 175 Å². The first-order valence-corrected chi connectivity index (χ1v) is 11.4. The van der Waals surface area contributed by atoms with E-state index < -0.39 is 0 Å². The van der Waals surface area contributed by atoms with Crippen LogP contribution in [0.25, 0.3) is 5.57 Å². The summed E-state index contributed by atoms with van der Waals surface area (Å²) in [5, 5.41) is 19.7. The van der Waals surface area contributed by atoms with Gasteiger partial charge in [-0.1, -0.05) is 75.3 Å². The number of hydrogen-bond donors (Lipinski definition) is 2. The molecule has 0 saturated heterocycles. The zero-order valence-electron chi connectivity index (χ0n) is 17.6. The maximum atomic E-state index is 9.85. The quantitative estimate of drug-likeness (QED) is 0.543. The summed E-state index contributed by atoms with van der Waals surface area (Å²) in [5.74, 6) is 2.67. The van der Waals surface area contributed by atoms with Gasteiger partial charge in [-0.2, -0.15) is 0 Å². The molecule has 0 aliphatic heterocycles. The predicted octanol–water partition coefficient (Wildman–Crippen LogP) is 7.31. The van der Waals surface area contributed by atoms with Gasteiger partial charge >= 0.3 is 0 Å². The Balaban J connectivity index is 1.83. The maximum Gasteiger partial charge on any atom is 0.115 e. The molecule has 2 aromatic rings. The summed E-state index contributed by atoms with van der Waals surface area (Å²) in [6.45, 7) is 2.44. The van der Waals surface area contributed by atoms with E-state index in [1.54, 1.807) is 29.8 Å². The number of allylic oxidation sites excluding steroid dienone is 1. The van der Waals surface area contributed by atoms with E-state index in [1.807, 2.05) is 0 Å². The van der Waals surface area contributed by atoms with Gasteiger partial charge in [0.25, 0.3) is 0 Å². The normalized spacial score (nSPS) is 18.8. The first-order valence-electron chi connectivity index (χ1n) is 11.4. The van der Waals surface area contributed by atoms with Gasteiger partial charge in [-0.25, -0.2) is 0 Å². The van der Waals surface area contributed by atoms with Crippen molar-refractivity contribution in [3.8, 4) is 11.5 Å². The van der Waals surface area contributed by atoms with Crippen molar-refractivity contribution in [3.05, 3.63) is 65.2 Å². The Morgan fingerprint density at radius 3 is 1.69 bits per heavy atom. The predicted molar refractivity (Wildman–Crippen MR) is 120 cm³/mol. The molecule has 2 aromatic carbocycles. The molecule has 2 heteroatoms. The topological polar surface area (TPSA) is 40.5 Å². The smallest absolute Gasteiger partial charge is 0.115 e. The van der Waals surface area contributed by atoms with Crippen molar-refractivity contribution in [2.24, 2.45) is 17.8 Å². The summed E-state index contributed by atoms with van der Waals surface area (Å²) in [5.41, 5.74) is 5.27. The first kappa shape index (κ1) is 20.1. The molecule has 4 rings (SSSR count). The highest BCUT2D eigenvalue weighted by Gasteiger charge is 2.29. The Hall–Kier alpha value is -2.22. The molecule has 1 unspecified atom stereocenters. The summed E-state index contributed by atoms with van der Waals surface area (Å²) < 4.78 is 0. The molecule has 0 radical (unpaired) electrons. The zero-order chi connectivity index (χ0) is 20.2. The molecule has 154 valence electrons. The number of phenolic OH excluding ortho intramolecular Hbond substituents is 2. The lowest BCUT2D eigenvalue weighted by molar-refractivity contribution is 0.405. The van der Waals surface area contributed by atoms with Gasteiger partial charge in [-0.15, -0.1) is 0 Å². The van der Waals surface area contributed by atoms with E-state index in [0.29, 0.717) is 23.3 Å². The number of rotatable bonds is 6. The van der Waals surface area contributed by atoms with Gasteiger partial charge in [-0.05, 0) is 78.0 Å². The lowest BCUT2D eigenvalue weighted by Gasteiger charge is -2.29. The minimum absolute atomic E-state index is 0.306. The van der Waals surface area contributed by atoms with Crippen molar-refractivity contribution in [1.29, 1.82) is 0 Å². The van der Waals surface area contributed by atoms with E-state index in [2.05, 4.69) is 31.2 Å². The van der Waals surface area contributed by atoms with Crippen molar-refractivity contribution in [1.82, 2.24) is 0 Å². The minimum Gasteiger partial charge on any atom is -0.508 e. The van der Waals surface area contributed by atoms with E-state index >= 15 is 0 Å². The van der Waals surface area contributed by atoms with E-state index in [9.17, 15) is 10.2 Å². The fraction of sp³-hybridized carbons (Fsp3) is 0.481. The van der Waals surface area contributed by atoms with E-state index in [4.69, 9.17) is 0 Å². The molecule has 2 nitrogen and oxygen atoms in total. The number of benzene rings is 2. The summed E-state index contributed by atoms with van der Waals surface area (Å²) in [7, 11) is 0. The molecular formula is C27H34O2. The number of aromatic hydroxyl groups is 2. The molecule has 29 heavy (non-hydrogen) atoms. The van der Waals surface area contributed by atoms with Crippen LogP contribution in [-0.4, -0.2) is 10.2 Å². The fourth-order valence-corrected chi connectivity index (χ4v) is 5.72. The van der Waals surface area contributed by atoms with Gasteiger partial charge in [0.15, 0.2) is 0 Å². The Kier molecular flexibility index (Phi) is 6.28. The van der Waals surface area contributed by atoms with Crippen LogP contribution in [-0.2, 0) is 0 Å². The van der Waals surface area contributed by atoms with Crippen LogP contribution in [0.5, 0.6) is 11.5 Å². The number of hydrogen-bond acceptors (Lipinski definition) is 2. The van der Waals surface area contributed by atoms with Crippen LogP contribution in [0.1, 0.15) is 75.8 Å². The van der Waals surface area contributed by atoms with Crippen LogP contribution in [0.2, 0.25) is 0 Å². The molecule has 0 bridgehead atoms. The van der Waals surface area contributed by atoms with Crippen molar-refractivity contribution in [3.63, 3.8) is 0 Å². The van der Waals surface area contributed by atoms with Crippen LogP contribution >= 0.6 is 0 Å². The highest BCUT2D eigenvalue weighted by molar-refractivity contribution is 5.83. The Morgan fingerprint density at radius 2 is 1.21 bits per heavy atom. The van der Waals surface area contributed by atoms with Crippen molar-refractivity contribution in [2.45, 2.75) is 64.7 Å².